The number of carbonyl (C=O) groups is 1. The monoisotopic (exact) mass is 406 g/mol. The van der Waals surface area contributed by atoms with Crippen LogP contribution in [0.3, 0.4) is 0 Å². The van der Waals surface area contributed by atoms with Gasteiger partial charge in [0.1, 0.15) is 17.3 Å². The number of hydrogen-bond acceptors (Lipinski definition) is 5. The van der Waals surface area contributed by atoms with Gasteiger partial charge < -0.3 is 15.6 Å². The molecule has 4 aromatic rings. The van der Waals surface area contributed by atoms with Crippen molar-refractivity contribution in [1.82, 2.24) is 14.8 Å². The molecule has 8 heteroatoms. The van der Waals surface area contributed by atoms with E-state index < -0.39 is 12.0 Å². The lowest BCUT2D eigenvalue weighted by atomic mass is 10.1. The van der Waals surface area contributed by atoms with Gasteiger partial charge in [-0.05, 0) is 48.5 Å². The zero-order chi connectivity index (χ0) is 21.1. The maximum Gasteiger partial charge on any atom is 0.258 e. The van der Waals surface area contributed by atoms with E-state index >= 15 is 0 Å². The Balaban J connectivity index is 1.77. The minimum atomic E-state index is -0.937. The van der Waals surface area contributed by atoms with E-state index in [0.29, 0.717) is 22.8 Å². The second-order valence-corrected chi connectivity index (χ2v) is 6.66. The van der Waals surface area contributed by atoms with E-state index in [0.717, 1.165) is 10.9 Å². The number of aliphatic hydroxyl groups excluding tert-OH is 1. The lowest BCUT2D eigenvalue weighted by Gasteiger charge is -2.15. The van der Waals surface area contributed by atoms with Crippen LogP contribution in [0.5, 0.6) is 5.75 Å². The van der Waals surface area contributed by atoms with Gasteiger partial charge in [-0.25, -0.2) is 14.1 Å². The average Bonchev–Trinajstić information content (AvgIpc) is 3.14. The maximum absolute atomic E-state index is 13.3. The molecule has 3 N–H and O–H groups in total. The molecule has 2 heterocycles. The van der Waals surface area contributed by atoms with Gasteiger partial charge in [-0.15, -0.1) is 0 Å². The number of nitrogens with two attached hydrogens (primary N) is 1. The van der Waals surface area contributed by atoms with Gasteiger partial charge in [0.25, 0.3) is 5.91 Å². The summed E-state index contributed by atoms with van der Waals surface area (Å²) in [5, 5.41) is 14.6. The van der Waals surface area contributed by atoms with E-state index in [9.17, 15) is 9.18 Å². The fourth-order valence-electron chi connectivity index (χ4n) is 3.18. The number of hydrogen-bond donors (Lipinski definition) is 2. The van der Waals surface area contributed by atoms with Crippen LogP contribution in [-0.4, -0.2) is 38.5 Å². The molecule has 0 bridgehead atoms. The minimum absolute atomic E-state index is 0.0977. The van der Waals surface area contributed by atoms with Crippen molar-refractivity contribution in [3.05, 3.63) is 72.7 Å². The quantitative estimate of drug-likeness (QED) is 0.491. The summed E-state index contributed by atoms with van der Waals surface area (Å²) in [5.74, 6) is -0.565. The van der Waals surface area contributed by atoms with Crippen LogP contribution in [0.25, 0.3) is 28.0 Å². The number of benzene rings is 2. The van der Waals surface area contributed by atoms with E-state index in [-0.39, 0.29) is 18.8 Å². The van der Waals surface area contributed by atoms with Crippen molar-refractivity contribution in [1.29, 1.82) is 0 Å². The fourth-order valence-corrected chi connectivity index (χ4v) is 3.18. The molecule has 152 valence electrons. The van der Waals surface area contributed by atoms with Gasteiger partial charge in [0.15, 0.2) is 11.8 Å². The summed E-state index contributed by atoms with van der Waals surface area (Å²) in [6.07, 6.45) is 0.827. The van der Waals surface area contributed by atoms with Gasteiger partial charge in [0.2, 0.25) is 0 Å². The Morgan fingerprint density at radius 3 is 2.70 bits per heavy atom. The number of pyridine rings is 1. The summed E-state index contributed by atoms with van der Waals surface area (Å²) in [6, 6.07) is 16.8. The van der Waals surface area contributed by atoms with Gasteiger partial charge in [0.05, 0.1) is 5.69 Å². The number of ether oxygens (including phenoxy) is 1. The molecule has 0 fully saturated rings. The number of halogens is 1. The third-order valence-electron chi connectivity index (χ3n) is 4.61. The smallest absolute Gasteiger partial charge is 0.258 e. The second kappa shape index (κ2) is 8.30. The van der Waals surface area contributed by atoms with Crippen molar-refractivity contribution in [2.24, 2.45) is 5.73 Å². The molecule has 0 aliphatic heterocycles. The van der Waals surface area contributed by atoms with E-state index in [1.807, 2.05) is 18.2 Å². The number of rotatable bonds is 7. The third-order valence-corrected chi connectivity index (χ3v) is 4.61. The molecule has 1 atom stereocenters. The molecular formula is C22H19FN4O3. The zero-order valence-corrected chi connectivity index (χ0v) is 15.9. The molecule has 1 amide bonds. The first-order valence-corrected chi connectivity index (χ1v) is 9.34. The molecule has 2 aromatic heterocycles. The minimum Gasteiger partial charge on any atom is -0.480 e. The van der Waals surface area contributed by atoms with Crippen LogP contribution < -0.4 is 10.5 Å². The summed E-state index contributed by atoms with van der Waals surface area (Å²) in [4.78, 5) is 16.0. The number of aliphatic hydroxyl groups is 1. The standard InChI is InChI=1S/C22H19FN4O3/c23-15-8-6-14(7-9-15)20-18-5-2-11-25-22(18)27(26-20)16-3-1-4-17(13-16)30-19(10-12-28)21(24)29/h1-9,11,13,19,28H,10,12H2,(H2,24,29). The Morgan fingerprint density at radius 1 is 1.17 bits per heavy atom. The Labute approximate surface area is 171 Å². The van der Waals surface area contributed by atoms with Crippen LogP contribution in [0.1, 0.15) is 6.42 Å². The molecule has 7 nitrogen and oxygen atoms in total. The highest BCUT2D eigenvalue weighted by atomic mass is 19.1. The lowest BCUT2D eigenvalue weighted by Crippen LogP contribution is -2.34. The summed E-state index contributed by atoms with van der Waals surface area (Å²) >= 11 is 0. The molecule has 0 spiro atoms. The zero-order valence-electron chi connectivity index (χ0n) is 15.9. The Bertz CT molecular complexity index is 1190. The number of primary amides is 1. The third kappa shape index (κ3) is 3.85. The van der Waals surface area contributed by atoms with E-state index in [4.69, 9.17) is 20.7 Å². The van der Waals surface area contributed by atoms with Crippen molar-refractivity contribution in [3.8, 4) is 22.7 Å². The summed E-state index contributed by atoms with van der Waals surface area (Å²) in [7, 11) is 0. The van der Waals surface area contributed by atoms with Crippen LogP contribution in [0.2, 0.25) is 0 Å². The largest absolute Gasteiger partial charge is 0.480 e. The van der Waals surface area contributed by atoms with Crippen LogP contribution >= 0.6 is 0 Å². The van der Waals surface area contributed by atoms with Crippen molar-refractivity contribution in [2.45, 2.75) is 12.5 Å². The van der Waals surface area contributed by atoms with E-state index in [1.165, 1.54) is 12.1 Å². The molecular weight excluding hydrogens is 387 g/mol. The lowest BCUT2D eigenvalue weighted by molar-refractivity contribution is -0.125. The highest BCUT2D eigenvalue weighted by Gasteiger charge is 2.18. The highest BCUT2D eigenvalue weighted by molar-refractivity contribution is 5.92. The van der Waals surface area contributed by atoms with Crippen molar-refractivity contribution in [3.63, 3.8) is 0 Å². The van der Waals surface area contributed by atoms with Crippen LogP contribution in [0, 0.1) is 5.82 Å². The fraction of sp³-hybridized carbons (Fsp3) is 0.136. The van der Waals surface area contributed by atoms with Gasteiger partial charge in [0, 0.05) is 36.2 Å². The number of carbonyl (C=O) groups excluding carboxylic acids is 1. The molecule has 2 aromatic carbocycles. The summed E-state index contributed by atoms with van der Waals surface area (Å²) in [5.41, 5.74) is 8.06. The molecule has 4 rings (SSSR count). The summed E-state index contributed by atoms with van der Waals surface area (Å²) in [6.45, 7) is -0.220. The summed E-state index contributed by atoms with van der Waals surface area (Å²) < 4.78 is 20.7. The normalized spacial score (nSPS) is 12.1. The molecule has 0 saturated carbocycles. The first-order valence-electron chi connectivity index (χ1n) is 9.34. The van der Waals surface area contributed by atoms with Gasteiger partial charge in [-0.3, -0.25) is 4.79 Å². The topological polar surface area (TPSA) is 103 Å². The molecule has 1 unspecified atom stereocenters. The number of fused-ring (bicyclic) bond motifs is 1. The molecule has 0 aliphatic carbocycles. The molecule has 0 aliphatic rings. The van der Waals surface area contributed by atoms with Crippen molar-refractivity contribution in [2.75, 3.05) is 6.61 Å². The number of nitrogens with zero attached hydrogens (tertiary/aromatic N) is 3. The first-order chi connectivity index (χ1) is 14.6. The Kier molecular flexibility index (Phi) is 5.40. The number of amides is 1. The molecule has 0 saturated heterocycles. The highest BCUT2D eigenvalue weighted by Crippen LogP contribution is 2.29. The van der Waals surface area contributed by atoms with Gasteiger partial charge in [-0.1, -0.05) is 6.07 Å². The van der Waals surface area contributed by atoms with E-state index in [1.54, 1.807) is 41.2 Å². The van der Waals surface area contributed by atoms with E-state index in [2.05, 4.69) is 4.98 Å². The van der Waals surface area contributed by atoms with Crippen LogP contribution in [-0.2, 0) is 4.79 Å². The maximum atomic E-state index is 13.3. The first kappa shape index (κ1) is 19.5. The predicted molar refractivity (Wildman–Crippen MR) is 110 cm³/mol. The molecule has 30 heavy (non-hydrogen) atoms. The van der Waals surface area contributed by atoms with Crippen molar-refractivity contribution < 1.29 is 19.0 Å². The molecule has 0 radical (unpaired) electrons. The van der Waals surface area contributed by atoms with Crippen LogP contribution in [0.15, 0.2) is 66.9 Å². The second-order valence-electron chi connectivity index (χ2n) is 6.66. The number of aromatic nitrogens is 3. The van der Waals surface area contributed by atoms with Crippen molar-refractivity contribution >= 4 is 16.9 Å². The predicted octanol–water partition coefficient (Wildman–Crippen LogP) is 2.84. The van der Waals surface area contributed by atoms with Gasteiger partial charge in [-0.2, -0.15) is 5.10 Å². The SMILES string of the molecule is NC(=O)C(CCO)Oc1cccc(-n2nc(-c3ccc(F)cc3)c3cccnc32)c1. The van der Waals surface area contributed by atoms with Crippen LogP contribution in [0.4, 0.5) is 4.39 Å². The Morgan fingerprint density at radius 2 is 1.97 bits per heavy atom. The van der Waals surface area contributed by atoms with Gasteiger partial charge >= 0.3 is 0 Å². The average molecular weight is 406 g/mol. The Hall–Kier alpha value is -3.78.